The number of hydrogen-bond donors (Lipinski definition) is 1. The summed E-state index contributed by atoms with van der Waals surface area (Å²) in [4.78, 5) is 9.72. The minimum atomic E-state index is 0.238. The van der Waals surface area contributed by atoms with Crippen molar-refractivity contribution >= 4 is 13.5 Å². The highest BCUT2D eigenvalue weighted by atomic mass is 16.2. The van der Waals surface area contributed by atoms with Crippen molar-refractivity contribution in [3.05, 3.63) is 11.8 Å². The molecule has 0 aliphatic rings. The molecule has 0 spiro atoms. The third-order valence-electron chi connectivity index (χ3n) is 0.831. The molecule has 0 atom stereocenters. The molecule has 9 heavy (non-hydrogen) atoms. The van der Waals surface area contributed by atoms with Crippen LogP contribution in [0, 0.1) is 11.3 Å². The fourth-order valence-corrected chi connectivity index (χ4v) is 0.364. The second-order valence-electron chi connectivity index (χ2n) is 1.47. The topological polar surface area (TPSA) is 61.1 Å². The number of nitrogens with zero attached hydrogens (tertiary/aromatic N) is 1. The Balaban J connectivity index is 3.61. The summed E-state index contributed by atoms with van der Waals surface area (Å²) < 4.78 is 0. The molecule has 0 aliphatic carbocycles. The standard InChI is InChI=1S/C5H6BNO2/c7-2-5(3-8)1-6-4-9/h3-4,6,8H,1H2. The molecule has 0 heterocycles. The number of nitriles is 1. The molecule has 0 amide bonds. The summed E-state index contributed by atoms with van der Waals surface area (Å²) in [5, 5.41) is 16.4. The Morgan fingerprint density at radius 1 is 1.89 bits per heavy atom. The molecule has 0 aromatic carbocycles. The lowest BCUT2D eigenvalue weighted by Gasteiger charge is -1.84. The van der Waals surface area contributed by atoms with E-state index in [0.717, 1.165) is 6.26 Å². The summed E-state index contributed by atoms with van der Waals surface area (Å²) in [6.45, 7) is 0. The molecule has 0 fully saturated rings. The van der Waals surface area contributed by atoms with Gasteiger partial charge < -0.3 is 9.90 Å². The molecular weight excluding hydrogens is 117 g/mol. The summed E-state index contributed by atoms with van der Waals surface area (Å²) in [5.41, 5.74) is 0.238. The van der Waals surface area contributed by atoms with Gasteiger partial charge in [-0.3, -0.25) is 0 Å². The Hall–Kier alpha value is -1.24. The van der Waals surface area contributed by atoms with E-state index in [1.165, 1.54) is 0 Å². The van der Waals surface area contributed by atoms with Crippen molar-refractivity contribution in [3.8, 4) is 6.07 Å². The van der Waals surface area contributed by atoms with Crippen LogP contribution in [0.25, 0.3) is 0 Å². The quantitative estimate of drug-likeness (QED) is 0.248. The van der Waals surface area contributed by atoms with Crippen LogP contribution in [0.15, 0.2) is 11.8 Å². The minimum Gasteiger partial charge on any atom is -0.515 e. The zero-order valence-corrected chi connectivity index (χ0v) is 4.87. The molecule has 0 saturated carbocycles. The van der Waals surface area contributed by atoms with Crippen LogP contribution in [-0.4, -0.2) is 18.6 Å². The maximum absolute atomic E-state index is 9.72. The van der Waals surface area contributed by atoms with E-state index in [2.05, 4.69) is 0 Å². The lowest BCUT2D eigenvalue weighted by Crippen LogP contribution is -1.91. The summed E-state index contributed by atoms with van der Waals surface area (Å²) in [5.74, 6) is 0. The molecule has 0 unspecified atom stereocenters. The fraction of sp³-hybridized carbons (Fsp3) is 0.200. The van der Waals surface area contributed by atoms with Crippen molar-refractivity contribution in [3.63, 3.8) is 0 Å². The van der Waals surface area contributed by atoms with Gasteiger partial charge >= 0.3 is 0 Å². The van der Waals surface area contributed by atoms with Crippen LogP contribution in [0.4, 0.5) is 0 Å². The largest absolute Gasteiger partial charge is 0.515 e. The van der Waals surface area contributed by atoms with Crippen molar-refractivity contribution < 1.29 is 9.90 Å². The molecule has 3 nitrogen and oxygen atoms in total. The van der Waals surface area contributed by atoms with Crippen LogP contribution in [0.5, 0.6) is 0 Å². The van der Waals surface area contributed by atoms with Gasteiger partial charge in [-0.25, -0.2) is 0 Å². The number of allylic oxidation sites excluding steroid dienone is 1. The van der Waals surface area contributed by atoms with Crippen LogP contribution in [0.1, 0.15) is 0 Å². The van der Waals surface area contributed by atoms with Gasteiger partial charge in [-0.15, -0.1) is 0 Å². The highest BCUT2D eigenvalue weighted by Gasteiger charge is 1.94. The van der Waals surface area contributed by atoms with E-state index in [-0.39, 0.29) is 5.57 Å². The summed E-state index contributed by atoms with van der Waals surface area (Å²) in [7, 11) is 0.292. The van der Waals surface area contributed by atoms with Gasteiger partial charge in [0.05, 0.1) is 24.1 Å². The number of hydrogen-bond acceptors (Lipinski definition) is 3. The fourth-order valence-electron chi connectivity index (χ4n) is 0.364. The minimum absolute atomic E-state index is 0.238. The van der Waals surface area contributed by atoms with E-state index in [1.807, 2.05) is 0 Å². The van der Waals surface area contributed by atoms with E-state index < -0.39 is 0 Å². The van der Waals surface area contributed by atoms with Crippen LogP contribution in [0.3, 0.4) is 0 Å². The van der Waals surface area contributed by atoms with E-state index in [9.17, 15) is 4.79 Å². The molecule has 0 bridgehead atoms. The third kappa shape index (κ3) is 3.36. The van der Waals surface area contributed by atoms with E-state index in [1.54, 1.807) is 6.07 Å². The van der Waals surface area contributed by atoms with Gasteiger partial charge in [-0.2, -0.15) is 5.26 Å². The Kier molecular flexibility index (Phi) is 4.24. The van der Waals surface area contributed by atoms with Crippen molar-refractivity contribution in [1.29, 1.82) is 5.26 Å². The van der Waals surface area contributed by atoms with E-state index in [0.29, 0.717) is 19.8 Å². The predicted octanol–water partition coefficient (Wildman–Crippen LogP) is -0.00312. The predicted molar refractivity (Wildman–Crippen MR) is 35.0 cm³/mol. The van der Waals surface area contributed by atoms with Gasteiger partial charge in [-0.05, 0) is 6.32 Å². The molecule has 0 saturated heterocycles. The number of aliphatic hydroxyl groups excluding tert-OH is 1. The van der Waals surface area contributed by atoms with Gasteiger partial charge in [0.1, 0.15) is 0 Å². The normalized spacial score (nSPS) is 9.89. The molecular formula is C5H6BNO2. The van der Waals surface area contributed by atoms with Crippen molar-refractivity contribution in [2.24, 2.45) is 0 Å². The second-order valence-corrected chi connectivity index (χ2v) is 1.47. The first-order chi connectivity index (χ1) is 4.35. The highest BCUT2D eigenvalue weighted by molar-refractivity contribution is 6.67. The molecule has 0 aromatic rings. The number of carbonyl (C=O) groups is 1. The van der Waals surface area contributed by atoms with Crippen molar-refractivity contribution in [2.75, 3.05) is 0 Å². The van der Waals surface area contributed by atoms with Crippen molar-refractivity contribution in [1.82, 2.24) is 0 Å². The Labute approximate surface area is 53.8 Å². The van der Waals surface area contributed by atoms with Gasteiger partial charge in [0.25, 0.3) is 0 Å². The van der Waals surface area contributed by atoms with Crippen molar-refractivity contribution in [2.45, 2.75) is 6.32 Å². The van der Waals surface area contributed by atoms with E-state index in [4.69, 9.17) is 10.4 Å². The molecule has 0 aliphatic heterocycles. The van der Waals surface area contributed by atoms with E-state index >= 15 is 0 Å². The van der Waals surface area contributed by atoms with Gasteiger partial charge in [0.2, 0.25) is 7.28 Å². The zero-order valence-electron chi connectivity index (χ0n) is 4.87. The maximum Gasteiger partial charge on any atom is 0.206 e. The molecule has 4 heteroatoms. The van der Waals surface area contributed by atoms with Gasteiger partial charge in [0, 0.05) is 0 Å². The lowest BCUT2D eigenvalue weighted by atomic mass is 9.74. The number of rotatable bonds is 3. The highest BCUT2D eigenvalue weighted by Crippen LogP contribution is 1.95. The Morgan fingerprint density at radius 2 is 2.56 bits per heavy atom. The smallest absolute Gasteiger partial charge is 0.206 e. The molecule has 0 radical (unpaired) electrons. The zero-order chi connectivity index (χ0) is 7.11. The maximum atomic E-state index is 9.72. The molecule has 0 aromatic heterocycles. The first kappa shape index (κ1) is 7.76. The monoisotopic (exact) mass is 123 g/mol. The van der Waals surface area contributed by atoms with Crippen LogP contribution in [-0.2, 0) is 4.79 Å². The SMILES string of the molecule is N#CC(=CO)CBC=O. The Morgan fingerprint density at radius 3 is 2.89 bits per heavy atom. The number of aliphatic hydroxyl groups is 1. The van der Waals surface area contributed by atoms with Crippen LogP contribution < -0.4 is 0 Å². The van der Waals surface area contributed by atoms with Gasteiger partial charge in [-0.1, -0.05) is 0 Å². The van der Waals surface area contributed by atoms with Crippen LogP contribution in [0.2, 0.25) is 6.32 Å². The third-order valence-corrected chi connectivity index (χ3v) is 0.831. The first-order valence-electron chi connectivity index (χ1n) is 2.52. The van der Waals surface area contributed by atoms with Crippen LogP contribution >= 0.6 is 0 Å². The second kappa shape index (κ2) is 4.91. The van der Waals surface area contributed by atoms with Gasteiger partial charge in [0.15, 0.2) is 0 Å². The summed E-state index contributed by atoms with van der Waals surface area (Å²) in [6.07, 6.45) is 1.76. The average Bonchev–Trinajstić information content (AvgIpc) is 1.91. The molecule has 46 valence electrons. The average molecular weight is 123 g/mol. The lowest BCUT2D eigenvalue weighted by molar-refractivity contribution is 0.469. The first-order valence-corrected chi connectivity index (χ1v) is 2.52. The summed E-state index contributed by atoms with van der Waals surface area (Å²) in [6, 6.07) is 1.74. The molecule has 0 rings (SSSR count). The molecule has 1 N–H and O–H groups in total. The number of carbonyl (C=O) groups excluding carboxylic acids is 1. The summed E-state index contributed by atoms with van der Waals surface area (Å²) >= 11 is 0. The Bertz CT molecular complexity index is 159.